The summed E-state index contributed by atoms with van der Waals surface area (Å²) in [5, 5.41) is 13.7. The van der Waals surface area contributed by atoms with Gasteiger partial charge in [0.2, 0.25) is 5.91 Å². The predicted molar refractivity (Wildman–Crippen MR) is 120 cm³/mol. The maximum Gasteiger partial charge on any atom is 0.300 e. The molecule has 32 heavy (non-hydrogen) atoms. The van der Waals surface area contributed by atoms with Crippen LogP contribution in [0, 0.1) is 0 Å². The molecule has 0 spiro atoms. The summed E-state index contributed by atoms with van der Waals surface area (Å²) in [5.74, 6) is -1.70. The van der Waals surface area contributed by atoms with Crippen molar-refractivity contribution in [2.45, 2.75) is 26.3 Å². The molecule has 1 aliphatic rings. The molecule has 1 aromatic heterocycles. The fourth-order valence-corrected chi connectivity index (χ4v) is 3.78. The molecule has 1 saturated heterocycles. The lowest BCUT2D eigenvalue weighted by atomic mass is 9.98. The first-order valence-electron chi connectivity index (χ1n) is 10.2. The van der Waals surface area contributed by atoms with Crippen LogP contribution in [-0.4, -0.2) is 22.7 Å². The van der Waals surface area contributed by atoms with Crippen LogP contribution in [0.25, 0.3) is 5.76 Å². The summed E-state index contributed by atoms with van der Waals surface area (Å²) >= 11 is 0. The van der Waals surface area contributed by atoms with Gasteiger partial charge in [0, 0.05) is 23.9 Å². The number of Topliss-reactive ketones (excluding diaryl/α,β-unsaturated/α-hetero) is 1. The molecule has 2 amide bonds. The van der Waals surface area contributed by atoms with E-state index in [2.05, 4.69) is 5.32 Å². The average Bonchev–Trinajstić information content (AvgIpc) is 3.41. The number of aliphatic hydroxyl groups is 1. The van der Waals surface area contributed by atoms with E-state index in [4.69, 9.17) is 4.42 Å². The van der Waals surface area contributed by atoms with Gasteiger partial charge in [-0.3, -0.25) is 19.3 Å². The van der Waals surface area contributed by atoms with E-state index in [-0.39, 0.29) is 17.2 Å². The zero-order valence-corrected chi connectivity index (χ0v) is 17.7. The largest absolute Gasteiger partial charge is 0.507 e. The zero-order chi connectivity index (χ0) is 22.8. The molecule has 4 rings (SSSR count). The number of benzene rings is 2. The van der Waals surface area contributed by atoms with E-state index >= 15 is 0 Å². The van der Waals surface area contributed by atoms with E-state index in [1.807, 2.05) is 19.1 Å². The number of aryl methyl sites for hydroxylation is 1. The standard InChI is InChI=1S/C25H22N2O5/c1-3-16-6-8-17(9-7-16)23(29)21-22(20-5-4-14-32-20)27(25(31)24(21)30)19-12-10-18(11-13-19)26-15(2)28/h4-14,22,29H,3H2,1-2H3,(H,26,28)/b23-21-. The Morgan fingerprint density at radius 2 is 1.75 bits per heavy atom. The molecule has 7 heteroatoms. The summed E-state index contributed by atoms with van der Waals surface area (Å²) in [6, 6.07) is 16.1. The molecule has 0 bridgehead atoms. The summed E-state index contributed by atoms with van der Waals surface area (Å²) < 4.78 is 5.55. The lowest BCUT2D eigenvalue weighted by Crippen LogP contribution is -2.29. The first-order valence-corrected chi connectivity index (χ1v) is 10.2. The second kappa shape index (κ2) is 8.55. The molecule has 3 aromatic rings. The predicted octanol–water partition coefficient (Wildman–Crippen LogP) is 4.43. The third-order valence-corrected chi connectivity index (χ3v) is 5.36. The summed E-state index contributed by atoms with van der Waals surface area (Å²) in [6.07, 6.45) is 2.29. The second-order valence-corrected chi connectivity index (χ2v) is 7.46. The molecule has 1 unspecified atom stereocenters. The maximum atomic E-state index is 13.0. The van der Waals surface area contributed by atoms with Gasteiger partial charge < -0.3 is 14.8 Å². The maximum absolute atomic E-state index is 13.0. The molecule has 162 valence electrons. The van der Waals surface area contributed by atoms with Gasteiger partial charge in [0.05, 0.1) is 11.8 Å². The van der Waals surface area contributed by atoms with Crippen molar-refractivity contribution in [3.05, 3.63) is 89.4 Å². The fourth-order valence-electron chi connectivity index (χ4n) is 3.78. The Balaban J connectivity index is 1.82. The van der Waals surface area contributed by atoms with Gasteiger partial charge in [-0.05, 0) is 48.4 Å². The highest BCUT2D eigenvalue weighted by atomic mass is 16.3. The van der Waals surface area contributed by atoms with E-state index in [9.17, 15) is 19.5 Å². The number of aliphatic hydroxyl groups excluding tert-OH is 1. The first-order chi connectivity index (χ1) is 15.4. The molecule has 1 atom stereocenters. The molecular formula is C25H22N2O5. The number of nitrogens with one attached hydrogen (secondary N) is 1. The van der Waals surface area contributed by atoms with E-state index in [0.717, 1.165) is 12.0 Å². The Morgan fingerprint density at radius 1 is 1.06 bits per heavy atom. The van der Waals surface area contributed by atoms with Crippen LogP contribution in [0.4, 0.5) is 11.4 Å². The van der Waals surface area contributed by atoms with Crippen LogP contribution in [0.2, 0.25) is 0 Å². The number of carbonyl (C=O) groups excluding carboxylic acids is 3. The van der Waals surface area contributed by atoms with Gasteiger partial charge in [-0.25, -0.2) is 0 Å². The number of hydrogen-bond acceptors (Lipinski definition) is 5. The Kier molecular flexibility index (Phi) is 5.64. The smallest absolute Gasteiger partial charge is 0.300 e. The molecule has 2 aromatic carbocycles. The van der Waals surface area contributed by atoms with Crippen molar-refractivity contribution in [2.24, 2.45) is 0 Å². The quantitative estimate of drug-likeness (QED) is 0.354. The highest BCUT2D eigenvalue weighted by Gasteiger charge is 2.48. The SMILES string of the molecule is CCc1ccc(/C(O)=C2/C(=O)C(=O)N(c3ccc(NC(C)=O)cc3)C2c2ccco2)cc1. The Morgan fingerprint density at radius 3 is 2.31 bits per heavy atom. The van der Waals surface area contributed by atoms with Crippen molar-refractivity contribution in [1.29, 1.82) is 0 Å². The molecule has 0 aliphatic carbocycles. The van der Waals surface area contributed by atoms with Gasteiger partial charge in [-0.1, -0.05) is 31.2 Å². The van der Waals surface area contributed by atoms with Crippen molar-refractivity contribution in [3.8, 4) is 0 Å². The minimum Gasteiger partial charge on any atom is -0.507 e. The van der Waals surface area contributed by atoms with Crippen LogP contribution in [0.1, 0.15) is 36.8 Å². The molecule has 0 saturated carbocycles. The third kappa shape index (κ3) is 3.80. The number of hydrogen-bond donors (Lipinski definition) is 2. The minimum atomic E-state index is -0.928. The molecule has 2 heterocycles. The molecular weight excluding hydrogens is 408 g/mol. The lowest BCUT2D eigenvalue weighted by Gasteiger charge is -2.23. The van der Waals surface area contributed by atoms with E-state index < -0.39 is 17.7 Å². The third-order valence-electron chi connectivity index (χ3n) is 5.36. The van der Waals surface area contributed by atoms with Gasteiger partial charge in [-0.2, -0.15) is 0 Å². The summed E-state index contributed by atoms with van der Waals surface area (Å²) in [6.45, 7) is 3.42. The number of ketones is 1. The van der Waals surface area contributed by atoms with E-state index in [1.54, 1.807) is 48.5 Å². The van der Waals surface area contributed by atoms with Crippen molar-refractivity contribution < 1.29 is 23.9 Å². The van der Waals surface area contributed by atoms with Gasteiger partial charge in [0.15, 0.2) is 0 Å². The van der Waals surface area contributed by atoms with Gasteiger partial charge in [0.1, 0.15) is 17.6 Å². The van der Waals surface area contributed by atoms with Crippen LogP contribution in [0.5, 0.6) is 0 Å². The zero-order valence-electron chi connectivity index (χ0n) is 17.7. The van der Waals surface area contributed by atoms with Crippen LogP contribution < -0.4 is 10.2 Å². The number of rotatable bonds is 5. The summed E-state index contributed by atoms with van der Waals surface area (Å²) in [5.41, 5.74) is 2.48. The number of anilines is 2. The van der Waals surface area contributed by atoms with Crippen LogP contribution in [0.3, 0.4) is 0 Å². The first kappa shape index (κ1) is 21.1. The minimum absolute atomic E-state index is 0.0415. The van der Waals surface area contributed by atoms with Crippen molar-refractivity contribution in [2.75, 3.05) is 10.2 Å². The Labute approximate surface area is 185 Å². The van der Waals surface area contributed by atoms with E-state index in [0.29, 0.717) is 22.7 Å². The Hall–Kier alpha value is -4.13. The highest BCUT2D eigenvalue weighted by Crippen LogP contribution is 2.42. The fraction of sp³-hybridized carbons (Fsp3) is 0.160. The number of carbonyl (C=O) groups is 3. The molecule has 1 aliphatic heterocycles. The highest BCUT2D eigenvalue weighted by molar-refractivity contribution is 6.51. The van der Waals surface area contributed by atoms with Crippen LogP contribution in [-0.2, 0) is 20.8 Å². The van der Waals surface area contributed by atoms with Crippen molar-refractivity contribution >= 4 is 34.7 Å². The number of nitrogens with zero attached hydrogens (tertiary/aromatic N) is 1. The van der Waals surface area contributed by atoms with E-state index in [1.165, 1.54) is 18.1 Å². The molecule has 7 nitrogen and oxygen atoms in total. The normalized spacial score (nSPS) is 17.6. The second-order valence-electron chi connectivity index (χ2n) is 7.46. The Bertz CT molecular complexity index is 1190. The van der Waals surface area contributed by atoms with Crippen molar-refractivity contribution in [1.82, 2.24) is 0 Å². The molecule has 2 N–H and O–H groups in total. The molecule has 1 fully saturated rings. The summed E-state index contributed by atoms with van der Waals surface area (Å²) in [7, 11) is 0. The molecule has 0 radical (unpaired) electrons. The van der Waals surface area contributed by atoms with Gasteiger partial charge in [-0.15, -0.1) is 0 Å². The monoisotopic (exact) mass is 430 g/mol. The topological polar surface area (TPSA) is 99.9 Å². The summed E-state index contributed by atoms with van der Waals surface area (Å²) in [4.78, 5) is 38.7. The number of furan rings is 1. The lowest BCUT2D eigenvalue weighted by molar-refractivity contribution is -0.132. The number of amides is 2. The van der Waals surface area contributed by atoms with Crippen LogP contribution >= 0.6 is 0 Å². The average molecular weight is 430 g/mol. The van der Waals surface area contributed by atoms with Crippen LogP contribution in [0.15, 0.2) is 76.9 Å². The van der Waals surface area contributed by atoms with Gasteiger partial charge in [0.25, 0.3) is 11.7 Å². The van der Waals surface area contributed by atoms with Gasteiger partial charge >= 0.3 is 0 Å². The van der Waals surface area contributed by atoms with Crippen molar-refractivity contribution in [3.63, 3.8) is 0 Å².